The van der Waals surface area contributed by atoms with Crippen LogP contribution in [0.4, 0.5) is 0 Å². The van der Waals surface area contributed by atoms with Crippen molar-refractivity contribution in [3.63, 3.8) is 0 Å². The summed E-state index contributed by atoms with van der Waals surface area (Å²) in [6, 6.07) is 6.03. The van der Waals surface area contributed by atoms with Crippen LogP contribution in [-0.2, 0) is 16.0 Å². The predicted molar refractivity (Wildman–Crippen MR) is 110 cm³/mol. The zero-order valence-electron chi connectivity index (χ0n) is 18.2. The Kier molecular flexibility index (Phi) is 8.15. The summed E-state index contributed by atoms with van der Waals surface area (Å²) in [5.41, 5.74) is 0.759. The van der Waals surface area contributed by atoms with Gasteiger partial charge in [-0.25, -0.2) is 4.79 Å². The van der Waals surface area contributed by atoms with E-state index in [9.17, 15) is 9.59 Å². The molecule has 0 aliphatic heterocycles. The summed E-state index contributed by atoms with van der Waals surface area (Å²) in [6.45, 7) is 3.92. The Morgan fingerprint density at radius 3 is 2.13 bits per heavy atom. The number of ether oxygens (including phenoxy) is 4. The van der Waals surface area contributed by atoms with E-state index in [1.54, 1.807) is 45.6 Å². The van der Waals surface area contributed by atoms with E-state index in [-0.39, 0.29) is 11.7 Å². The lowest BCUT2D eigenvalue weighted by atomic mass is 10.0. The first-order chi connectivity index (χ1) is 14.3. The third-order valence-electron chi connectivity index (χ3n) is 4.55. The molecule has 0 aliphatic carbocycles. The predicted octanol–water partition coefficient (Wildman–Crippen LogP) is 3.21. The highest BCUT2D eigenvalue weighted by Gasteiger charge is 2.25. The number of benzene rings is 1. The molecule has 1 aromatic heterocycles. The molecular formula is C22H29NO7. The lowest BCUT2D eigenvalue weighted by Gasteiger charge is -2.17. The number of hydrogen-bond acceptors (Lipinski definition) is 7. The molecule has 1 amide bonds. The van der Waals surface area contributed by atoms with Gasteiger partial charge in [0.15, 0.2) is 5.76 Å². The second-order valence-electron chi connectivity index (χ2n) is 7.13. The lowest BCUT2D eigenvalue weighted by Crippen LogP contribution is -2.42. The SMILES string of the molecule is COC(=O)[C@H](CC(C)C)NC(=O)c1ccc(Cc2c(OC)cc(OC)cc2OC)o1. The van der Waals surface area contributed by atoms with Crippen molar-refractivity contribution in [1.29, 1.82) is 0 Å². The van der Waals surface area contributed by atoms with Crippen LogP contribution in [0.25, 0.3) is 0 Å². The maximum Gasteiger partial charge on any atom is 0.328 e. The van der Waals surface area contributed by atoms with Crippen LogP contribution in [0.1, 0.15) is 42.1 Å². The number of nitrogens with one attached hydrogen (secondary N) is 1. The summed E-state index contributed by atoms with van der Waals surface area (Å²) >= 11 is 0. The third-order valence-corrected chi connectivity index (χ3v) is 4.55. The Morgan fingerprint density at radius 1 is 1.00 bits per heavy atom. The van der Waals surface area contributed by atoms with Gasteiger partial charge < -0.3 is 28.7 Å². The van der Waals surface area contributed by atoms with Crippen LogP contribution >= 0.6 is 0 Å². The molecule has 164 valence electrons. The van der Waals surface area contributed by atoms with Gasteiger partial charge in [-0.1, -0.05) is 13.8 Å². The molecule has 8 nitrogen and oxygen atoms in total. The van der Waals surface area contributed by atoms with Crippen molar-refractivity contribution in [2.24, 2.45) is 5.92 Å². The monoisotopic (exact) mass is 419 g/mol. The first-order valence-corrected chi connectivity index (χ1v) is 9.59. The van der Waals surface area contributed by atoms with Crippen LogP contribution in [0.15, 0.2) is 28.7 Å². The average Bonchev–Trinajstić information content (AvgIpc) is 3.21. The van der Waals surface area contributed by atoms with Gasteiger partial charge in [0.05, 0.1) is 28.4 Å². The van der Waals surface area contributed by atoms with Crippen molar-refractivity contribution in [3.8, 4) is 17.2 Å². The van der Waals surface area contributed by atoms with Crippen LogP contribution in [0.2, 0.25) is 0 Å². The van der Waals surface area contributed by atoms with E-state index in [0.29, 0.717) is 35.9 Å². The average molecular weight is 419 g/mol. The fourth-order valence-electron chi connectivity index (χ4n) is 3.08. The molecule has 1 atom stereocenters. The van der Waals surface area contributed by atoms with Crippen molar-refractivity contribution in [3.05, 3.63) is 41.3 Å². The zero-order valence-corrected chi connectivity index (χ0v) is 18.2. The van der Waals surface area contributed by atoms with E-state index in [4.69, 9.17) is 23.4 Å². The van der Waals surface area contributed by atoms with Gasteiger partial charge in [-0.2, -0.15) is 0 Å². The zero-order chi connectivity index (χ0) is 22.3. The van der Waals surface area contributed by atoms with Crippen molar-refractivity contribution >= 4 is 11.9 Å². The molecule has 2 rings (SSSR count). The third kappa shape index (κ3) is 5.68. The van der Waals surface area contributed by atoms with E-state index in [1.165, 1.54) is 7.11 Å². The number of amides is 1. The van der Waals surface area contributed by atoms with Gasteiger partial charge in [0.1, 0.15) is 29.1 Å². The largest absolute Gasteiger partial charge is 0.496 e. The van der Waals surface area contributed by atoms with E-state index < -0.39 is 17.9 Å². The Balaban J connectivity index is 2.20. The van der Waals surface area contributed by atoms with Crippen LogP contribution in [-0.4, -0.2) is 46.4 Å². The van der Waals surface area contributed by atoms with Gasteiger partial charge in [-0.05, 0) is 24.5 Å². The number of hydrogen-bond donors (Lipinski definition) is 1. The van der Waals surface area contributed by atoms with Crippen molar-refractivity contribution < 1.29 is 33.0 Å². The number of methoxy groups -OCH3 is 4. The number of esters is 1. The molecule has 1 heterocycles. The molecule has 0 radical (unpaired) electrons. The van der Waals surface area contributed by atoms with Gasteiger partial charge in [0, 0.05) is 24.1 Å². The first kappa shape index (κ1) is 23.1. The molecule has 1 aromatic carbocycles. The van der Waals surface area contributed by atoms with Crippen LogP contribution in [0.3, 0.4) is 0 Å². The summed E-state index contributed by atoms with van der Waals surface area (Å²) < 4.78 is 26.7. The van der Waals surface area contributed by atoms with E-state index >= 15 is 0 Å². The maximum absolute atomic E-state index is 12.6. The quantitative estimate of drug-likeness (QED) is 0.591. The Hall–Kier alpha value is -3.16. The van der Waals surface area contributed by atoms with Gasteiger partial charge in [-0.3, -0.25) is 4.79 Å². The number of rotatable bonds is 10. The molecule has 0 spiro atoms. The Morgan fingerprint density at radius 2 is 1.63 bits per heavy atom. The standard InChI is InChI=1S/C22H29NO7/c1-13(2)9-17(22(25)29-6)23-21(24)18-8-7-14(30-18)10-16-19(27-4)11-15(26-3)12-20(16)28-5/h7-8,11-13,17H,9-10H2,1-6H3,(H,23,24)/t17-/m0/s1. The highest BCUT2D eigenvalue weighted by Crippen LogP contribution is 2.35. The molecule has 0 bridgehead atoms. The van der Waals surface area contributed by atoms with Crippen molar-refractivity contribution in [2.45, 2.75) is 32.7 Å². The summed E-state index contributed by atoms with van der Waals surface area (Å²) in [4.78, 5) is 24.5. The summed E-state index contributed by atoms with van der Waals surface area (Å²) in [5.74, 6) is 1.65. The minimum absolute atomic E-state index is 0.106. The van der Waals surface area contributed by atoms with E-state index in [2.05, 4.69) is 5.32 Å². The Bertz CT molecular complexity index is 847. The first-order valence-electron chi connectivity index (χ1n) is 9.59. The van der Waals surface area contributed by atoms with Gasteiger partial charge in [0.2, 0.25) is 0 Å². The van der Waals surface area contributed by atoms with Gasteiger partial charge in [-0.15, -0.1) is 0 Å². The minimum atomic E-state index is -0.738. The van der Waals surface area contributed by atoms with Gasteiger partial charge in [0.25, 0.3) is 5.91 Å². The second kappa shape index (κ2) is 10.6. The van der Waals surface area contributed by atoms with E-state index in [0.717, 1.165) is 5.56 Å². The molecule has 1 N–H and O–H groups in total. The van der Waals surface area contributed by atoms with Crippen molar-refractivity contribution in [2.75, 3.05) is 28.4 Å². The lowest BCUT2D eigenvalue weighted by molar-refractivity contribution is -0.143. The topological polar surface area (TPSA) is 96.2 Å². The molecule has 0 unspecified atom stereocenters. The fraction of sp³-hybridized carbons (Fsp3) is 0.455. The molecular weight excluding hydrogens is 390 g/mol. The summed E-state index contributed by atoms with van der Waals surface area (Å²) in [7, 11) is 5.97. The second-order valence-corrected chi connectivity index (χ2v) is 7.13. The molecule has 0 saturated heterocycles. The van der Waals surface area contributed by atoms with Gasteiger partial charge >= 0.3 is 5.97 Å². The smallest absolute Gasteiger partial charge is 0.328 e. The highest BCUT2D eigenvalue weighted by molar-refractivity contribution is 5.94. The fourth-order valence-corrected chi connectivity index (χ4v) is 3.08. The molecule has 8 heteroatoms. The molecule has 2 aromatic rings. The number of carbonyl (C=O) groups excluding carboxylic acids is 2. The van der Waals surface area contributed by atoms with E-state index in [1.807, 2.05) is 13.8 Å². The number of furan rings is 1. The summed E-state index contributed by atoms with van der Waals surface area (Å²) in [6.07, 6.45) is 0.808. The highest BCUT2D eigenvalue weighted by atomic mass is 16.5. The number of carbonyl (C=O) groups is 2. The minimum Gasteiger partial charge on any atom is -0.496 e. The summed E-state index contributed by atoms with van der Waals surface area (Å²) in [5, 5.41) is 2.68. The molecule has 0 saturated carbocycles. The molecule has 0 fully saturated rings. The van der Waals surface area contributed by atoms with Crippen LogP contribution < -0.4 is 19.5 Å². The maximum atomic E-state index is 12.6. The molecule has 30 heavy (non-hydrogen) atoms. The molecule has 0 aliphatic rings. The van der Waals surface area contributed by atoms with Crippen molar-refractivity contribution in [1.82, 2.24) is 5.32 Å². The Labute approximate surface area is 176 Å². The normalized spacial score (nSPS) is 11.7. The van der Waals surface area contributed by atoms with Crippen LogP contribution in [0, 0.1) is 5.92 Å². The van der Waals surface area contributed by atoms with Crippen LogP contribution in [0.5, 0.6) is 17.2 Å².